The molecule has 0 bridgehead atoms. The van der Waals surface area contributed by atoms with Gasteiger partial charge >= 0.3 is 5.97 Å². The number of hydrogen-bond donors (Lipinski definition) is 0. The molecule has 4 heteroatoms. The lowest BCUT2D eigenvalue weighted by Crippen LogP contribution is -2.28. The average molecular weight is 450 g/mol. The first kappa shape index (κ1) is 23.1. The molecule has 34 heavy (non-hydrogen) atoms. The number of ether oxygens (including phenoxy) is 2. The van der Waals surface area contributed by atoms with E-state index in [1.54, 1.807) is 18.2 Å². The van der Waals surface area contributed by atoms with E-state index in [-0.39, 0.29) is 24.4 Å². The first-order chi connectivity index (χ1) is 16.7. The van der Waals surface area contributed by atoms with Gasteiger partial charge in [0.25, 0.3) is 0 Å². The van der Waals surface area contributed by atoms with Gasteiger partial charge in [-0.1, -0.05) is 85.3 Å². The lowest BCUT2D eigenvalue weighted by Gasteiger charge is -2.26. The number of nitrogens with zero attached hydrogens (tertiary/aromatic N) is 1. The third kappa shape index (κ3) is 6.27. The Bertz CT molecular complexity index is 1200. The van der Waals surface area contributed by atoms with Crippen molar-refractivity contribution in [1.82, 2.24) is 0 Å². The molecule has 2 unspecified atom stereocenters. The standard InChI is InChI=1S/C30H27NO3/c31-20-25-15-18-29(33-21-23-9-3-1-4-10-23)27(19-25)17-16-26-13-7-8-14-28(26)30(32)34-22-24-11-5-2-6-12-24/h1-6,9-12,15,18-19,26,28H,7-8,13-14,21-22H2. The molecule has 0 radical (unpaired) electrons. The molecule has 4 nitrogen and oxygen atoms in total. The fourth-order valence-corrected chi connectivity index (χ4v) is 4.15. The molecular formula is C30H27NO3. The number of carbonyl (C=O) groups is 1. The van der Waals surface area contributed by atoms with Crippen LogP contribution in [-0.4, -0.2) is 5.97 Å². The summed E-state index contributed by atoms with van der Waals surface area (Å²) >= 11 is 0. The fourth-order valence-electron chi connectivity index (χ4n) is 4.15. The predicted molar refractivity (Wildman–Crippen MR) is 130 cm³/mol. The van der Waals surface area contributed by atoms with Crippen LogP contribution in [-0.2, 0) is 22.7 Å². The minimum atomic E-state index is -0.238. The van der Waals surface area contributed by atoms with Gasteiger partial charge in [-0.05, 0) is 42.2 Å². The number of esters is 1. The summed E-state index contributed by atoms with van der Waals surface area (Å²) in [4.78, 5) is 12.9. The highest BCUT2D eigenvalue weighted by atomic mass is 16.5. The van der Waals surface area contributed by atoms with Gasteiger partial charge in [0, 0.05) is 5.92 Å². The summed E-state index contributed by atoms with van der Waals surface area (Å²) in [6.07, 6.45) is 3.68. The third-order valence-electron chi connectivity index (χ3n) is 6.03. The van der Waals surface area contributed by atoms with E-state index in [9.17, 15) is 10.1 Å². The second-order valence-corrected chi connectivity index (χ2v) is 8.46. The van der Waals surface area contributed by atoms with E-state index in [1.807, 2.05) is 60.7 Å². The first-order valence-corrected chi connectivity index (χ1v) is 11.7. The molecule has 0 heterocycles. The molecule has 1 fully saturated rings. The summed E-state index contributed by atoms with van der Waals surface area (Å²) in [6.45, 7) is 0.692. The van der Waals surface area contributed by atoms with E-state index >= 15 is 0 Å². The van der Waals surface area contributed by atoms with Crippen LogP contribution in [0.2, 0.25) is 0 Å². The van der Waals surface area contributed by atoms with Gasteiger partial charge in [0.2, 0.25) is 0 Å². The van der Waals surface area contributed by atoms with Crippen LogP contribution < -0.4 is 4.74 Å². The van der Waals surface area contributed by atoms with E-state index in [1.165, 1.54) is 0 Å². The Morgan fingerprint density at radius 1 is 0.882 bits per heavy atom. The van der Waals surface area contributed by atoms with Crippen LogP contribution in [0.5, 0.6) is 5.75 Å². The monoisotopic (exact) mass is 449 g/mol. The van der Waals surface area contributed by atoms with Gasteiger partial charge in [-0.2, -0.15) is 5.26 Å². The molecule has 3 aromatic rings. The number of rotatable bonds is 6. The third-order valence-corrected chi connectivity index (χ3v) is 6.03. The molecule has 0 amide bonds. The van der Waals surface area contributed by atoms with E-state index < -0.39 is 0 Å². The Balaban J connectivity index is 1.48. The van der Waals surface area contributed by atoms with Crippen LogP contribution >= 0.6 is 0 Å². The van der Waals surface area contributed by atoms with Crippen molar-refractivity contribution in [2.45, 2.75) is 38.9 Å². The molecule has 4 rings (SSSR count). The van der Waals surface area contributed by atoms with Crippen LogP contribution in [0.15, 0.2) is 78.9 Å². The Hall–Kier alpha value is -4.02. The molecule has 170 valence electrons. The van der Waals surface area contributed by atoms with Gasteiger partial charge in [-0.25, -0.2) is 0 Å². The highest BCUT2D eigenvalue weighted by Gasteiger charge is 2.31. The minimum Gasteiger partial charge on any atom is -0.488 e. The topological polar surface area (TPSA) is 59.3 Å². The zero-order chi connectivity index (χ0) is 23.6. The second-order valence-electron chi connectivity index (χ2n) is 8.46. The summed E-state index contributed by atoms with van der Waals surface area (Å²) < 4.78 is 11.6. The van der Waals surface area contributed by atoms with E-state index in [0.717, 1.165) is 36.8 Å². The zero-order valence-corrected chi connectivity index (χ0v) is 19.1. The van der Waals surface area contributed by atoms with Gasteiger partial charge in [0.1, 0.15) is 19.0 Å². The van der Waals surface area contributed by atoms with Crippen LogP contribution in [0, 0.1) is 35.0 Å². The molecule has 0 N–H and O–H groups in total. The van der Waals surface area contributed by atoms with Crippen molar-refractivity contribution >= 4 is 5.97 Å². The summed E-state index contributed by atoms with van der Waals surface area (Å²) in [7, 11) is 0. The highest BCUT2D eigenvalue weighted by Crippen LogP contribution is 2.31. The van der Waals surface area contributed by atoms with Crippen LogP contribution in [0.1, 0.15) is 47.9 Å². The molecule has 1 aliphatic rings. The maximum Gasteiger partial charge on any atom is 0.310 e. The molecule has 0 aliphatic heterocycles. The zero-order valence-electron chi connectivity index (χ0n) is 19.1. The fraction of sp³-hybridized carbons (Fsp3) is 0.267. The van der Waals surface area contributed by atoms with Crippen molar-refractivity contribution < 1.29 is 14.3 Å². The van der Waals surface area contributed by atoms with E-state index in [4.69, 9.17) is 9.47 Å². The molecular weight excluding hydrogens is 422 g/mol. The Morgan fingerprint density at radius 3 is 2.26 bits per heavy atom. The SMILES string of the molecule is N#Cc1ccc(OCc2ccccc2)c(C#CC2CCCCC2C(=O)OCc2ccccc2)c1. The Morgan fingerprint density at radius 2 is 1.56 bits per heavy atom. The van der Waals surface area contributed by atoms with Crippen LogP contribution in [0.25, 0.3) is 0 Å². The quantitative estimate of drug-likeness (QED) is 0.340. The minimum absolute atomic E-state index is 0.0789. The summed E-state index contributed by atoms with van der Waals surface area (Å²) in [5.41, 5.74) is 3.22. The van der Waals surface area contributed by atoms with Gasteiger partial charge in [0.05, 0.1) is 23.1 Å². The van der Waals surface area contributed by atoms with Gasteiger partial charge in [-0.3, -0.25) is 4.79 Å². The average Bonchev–Trinajstić information content (AvgIpc) is 2.91. The van der Waals surface area contributed by atoms with Crippen molar-refractivity contribution in [3.8, 4) is 23.7 Å². The summed E-state index contributed by atoms with van der Waals surface area (Å²) in [5, 5.41) is 9.35. The van der Waals surface area contributed by atoms with E-state index in [0.29, 0.717) is 23.5 Å². The maximum atomic E-state index is 12.9. The van der Waals surface area contributed by atoms with Crippen molar-refractivity contribution in [3.05, 3.63) is 101 Å². The smallest absolute Gasteiger partial charge is 0.310 e. The molecule has 1 saturated carbocycles. The Kier molecular flexibility index (Phi) is 7.99. The van der Waals surface area contributed by atoms with Crippen molar-refractivity contribution in [3.63, 3.8) is 0 Å². The molecule has 2 atom stereocenters. The van der Waals surface area contributed by atoms with Crippen molar-refractivity contribution in [1.29, 1.82) is 5.26 Å². The normalized spacial score (nSPS) is 17.0. The number of carbonyl (C=O) groups excluding carboxylic acids is 1. The Labute approximate surface area is 201 Å². The van der Waals surface area contributed by atoms with Crippen molar-refractivity contribution in [2.24, 2.45) is 11.8 Å². The second kappa shape index (κ2) is 11.7. The molecule has 3 aromatic carbocycles. The van der Waals surface area contributed by atoms with Gasteiger partial charge in [-0.15, -0.1) is 0 Å². The van der Waals surface area contributed by atoms with Gasteiger partial charge < -0.3 is 9.47 Å². The summed E-state index contributed by atoms with van der Waals surface area (Å²) in [6, 6.07) is 27.1. The molecule has 1 aliphatic carbocycles. The highest BCUT2D eigenvalue weighted by molar-refractivity contribution is 5.73. The molecule has 0 saturated heterocycles. The summed E-state index contributed by atoms with van der Waals surface area (Å²) in [5.74, 6) is 6.67. The number of benzene rings is 3. The largest absolute Gasteiger partial charge is 0.488 e. The molecule has 0 spiro atoms. The van der Waals surface area contributed by atoms with E-state index in [2.05, 4.69) is 17.9 Å². The van der Waals surface area contributed by atoms with Crippen LogP contribution in [0.3, 0.4) is 0 Å². The lowest BCUT2D eigenvalue weighted by atomic mass is 9.79. The van der Waals surface area contributed by atoms with Gasteiger partial charge in [0.15, 0.2) is 0 Å². The molecule has 0 aromatic heterocycles. The number of hydrogen-bond acceptors (Lipinski definition) is 4. The van der Waals surface area contributed by atoms with Crippen LogP contribution in [0.4, 0.5) is 0 Å². The predicted octanol–water partition coefficient (Wildman–Crippen LogP) is 6.04. The lowest BCUT2D eigenvalue weighted by molar-refractivity contribution is -0.152. The maximum absolute atomic E-state index is 12.9. The number of nitriles is 1. The van der Waals surface area contributed by atoms with Crippen molar-refractivity contribution in [2.75, 3.05) is 0 Å². The first-order valence-electron chi connectivity index (χ1n) is 11.7.